The largest absolute Gasteiger partial charge is 0.494 e. The van der Waals surface area contributed by atoms with Crippen molar-refractivity contribution in [2.75, 3.05) is 12.3 Å². The fourth-order valence-electron chi connectivity index (χ4n) is 2.22. The van der Waals surface area contributed by atoms with E-state index in [9.17, 15) is 4.39 Å². The number of benzene rings is 2. The Morgan fingerprint density at radius 1 is 1.29 bits per heavy atom. The van der Waals surface area contributed by atoms with Crippen LogP contribution in [-0.4, -0.2) is 16.2 Å². The predicted octanol–water partition coefficient (Wildman–Crippen LogP) is 3.91. The Labute approximate surface area is 129 Å². The molecule has 1 heterocycles. The smallest absolute Gasteiger partial charge is 0.205 e. The van der Waals surface area contributed by atoms with Crippen LogP contribution in [0.4, 0.5) is 10.3 Å². The number of hydrogen-bond acceptors (Lipinski definition) is 3. The maximum Gasteiger partial charge on any atom is 0.205 e. The van der Waals surface area contributed by atoms with Gasteiger partial charge in [-0.15, -0.1) is 0 Å². The van der Waals surface area contributed by atoms with Crippen LogP contribution in [0.1, 0.15) is 6.92 Å². The molecule has 0 atom stereocenters. The molecule has 0 bridgehead atoms. The van der Waals surface area contributed by atoms with Crippen molar-refractivity contribution in [2.24, 2.45) is 0 Å². The van der Waals surface area contributed by atoms with Gasteiger partial charge in [0.1, 0.15) is 11.6 Å². The molecule has 0 amide bonds. The fraction of sp³-hybridized carbons (Fsp3) is 0.133. The number of aromatic nitrogens is 2. The predicted molar refractivity (Wildman–Crippen MR) is 84.3 cm³/mol. The highest BCUT2D eigenvalue weighted by atomic mass is 79.9. The van der Waals surface area contributed by atoms with E-state index in [1.165, 1.54) is 6.07 Å². The summed E-state index contributed by atoms with van der Waals surface area (Å²) in [6, 6.07) is 10.5. The van der Waals surface area contributed by atoms with E-state index in [1.54, 1.807) is 10.6 Å². The van der Waals surface area contributed by atoms with E-state index < -0.39 is 0 Å². The standard InChI is InChI=1S/C15H13BrFN3O/c1-2-21-10-5-3-9(4-6-10)20-14-7-11(16)12(17)8-13(14)19-15(20)18/h3-8H,2H2,1H3,(H2,18,19). The van der Waals surface area contributed by atoms with Crippen LogP contribution in [0.2, 0.25) is 0 Å². The summed E-state index contributed by atoms with van der Waals surface area (Å²) in [5, 5.41) is 0. The molecule has 108 valence electrons. The molecule has 2 N–H and O–H groups in total. The fourth-order valence-corrected chi connectivity index (χ4v) is 2.55. The molecule has 0 aliphatic rings. The van der Waals surface area contributed by atoms with Crippen LogP contribution in [0.25, 0.3) is 16.7 Å². The van der Waals surface area contributed by atoms with E-state index in [4.69, 9.17) is 10.5 Å². The lowest BCUT2D eigenvalue weighted by Gasteiger charge is -2.08. The quantitative estimate of drug-likeness (QED) is 0.779. The monoisotopic (exact) mass is 349 g/mol. The van der Waals surface area contributed by atoms with E-state index in [-0.39, 0.29) is 5.82 Å². The van der Waals surface area contributed by atoms with Gasteiger partial charge in [0.05, 0.1) is 22.1 Å². The SMILES string of the molecule is CCOc1ccc(-n2c(N)nc3cc(F)c(Br)cc32)cc1. The summed E-state index contributed by atoms with van der Waals surface area (Å²) in [5.41, 5.74) is 8.07. The number of imidazole rings is 1. The highest BCUT2D eigenvalue weighted by molar-refractivity contribution is 9.10. The van der Waals surface area contributed by atoms with Gasteiger partial charge in [-0.25, -0.2) is 9.37 Å². The Bertz CT molecular complexity index is 799. The third-order valence-electron chi connectivity index (χ3n) is 3.13. The number of rotatable bonds is 3. The van der Waals surface area contributed by atoms with Gasteiger partial charge in [0.2, 0.25) is 5.95 Å². The van der Waals surface area contributed by atoms with Crippen molar-refractivity contribution in [2.45, 2.75) is 6.92 Å². The molecule has 0 aliphatic heterocycles. The number of nitrogen functional groups attached to an aromatic ring is 1. The Hall–Kier alpha value is -2.08. The van der Waals surface area contributed by atoms with Crippen LogP contribution in [0.15, 0.2) is 40.9 Å². The van der Waals surface area contributed by atoms with Gasteiger partial charge in [0, 0.05) is 11.8 Å². The molecule has 4 nitrogen and oxygen atoms in total. The van der Waals surface area contributed by atoms with Gasteiger partial charge in [-0.2, -0.15) is 0 Å². The molecule has 0 saturated heterocycles. The van der Waals surface area contributed by atoms with Crippen molar-refractivity contribution in [1.29, 1.82) is 0 Å². The van der Waals surface area contributed by atoms with Crippen LogP contribution < -0.4 is 10.5 Å². The van der Waals surface area contributed by atoms with Crippen LogP contribution in [-0.2, 0) is 0 Å². The normalized spacial score (nSPS) is 11.0. The lowest BCUT2D eigenvalue weighted by molar-refractivity contribution is 0.340. The molecule has 0 spiro atoms. The molecular formula is C15H13BrFN3O. The minimum Gasteiger partial charge on any atom is -0.494 e. The summed E-state index contributed by atoms with van der Waals surface area (Å²) in [4.78, 5) is 4.20. The van der Waals surface area contributed by atoms with Crippen molar-refractivity contribution in [3.8, 4) is 11.4 Å². The summed E-state index contributed by atoms with van der Waals surface area (Å²) >= 11 is 3.19. The number of ether oxygens (including phenoxy) is 1. The number of hydrogen-bond donors (Lipinski definition) is 1. The molecule has 0 aliphatic carbocycles. The minimum absolute atomic E-state index is 0.312. The van der Waals surface area contributed by atoms with Gasteiger partial charge in [0.15, 0.2) is 0 Å². The minimum atomic E-state index is -0.362. The lowest BCUT2D eigenvalue weighted by Crippen LogP contribution is -2.00. The van der Waals surface area contributed by atoms with Crippen LogP contribution in [0.5, 0.6) is 5.75 Å². The van der Waals surface area contributed by atoms with Gasteiger partial charge in [-0.05, 0) is 53.2 Å². The van der Waals surface area contributed by atoms with E-state index in [0.29, 0.717) is 22.5 Å². The van der Waals surface area contributed by atoms with Crippen molar-refractivity contribution in [3.63, 3.8) is 0 Å². The summed E-state index contributed by atoms with van der Waals surface area (Å²) in [6.07, 6.45) is 0. The molecule has 0 saturated carbocycles. The highest BCUT2D eigenvalue weighted by Gasteiger charge is 2.13. The molecule has 6 heteroatoms. The van der Waals surface area contributed by atoms with Crippen LogP contribution in [0, 0.1) is 5.82 Å². The number of nitrogens with zero attached hydrogens (tertiary/aromatic N) is 2. The van der Waals surface area contributed by atoms with Gasteiger partial charge in [-0.1, -0.05) is 0 Å². The number of nitrogens with two attached hydrogens (primary N) is 1. The van der Waals surface area contributed by atoms with E-state index >= 15 is 0 Å². The van der Waals surface area contributed by atoms with Gasteiger partial charge in [0.25, 0.3) is 0 Å². The maximum atomic E-state index is 13.6. The van der Waals surface area contributed by atoms with Gasteiger partial charge < -0.3 is 10.5 Å². The Morgan fingerprint density at radius 2 is 2.00 bits per heavy atom. The van der Waals surface area contributed by atoms with E-state index in [1.807, 2.05) is 31.2 Å². The summed E-state index contributed by atoms with van der Waals surface area (Å²) in [7, 11) is 0. The maximum absolute atomic E-state index is 13.6. The Morgan fingerprint density at radius 3 is 2.67 bits per heavy atom. The molecule has 0 unspecified atom stereocenters. The highest BCUT2D eigenvalue weighted by Crippen LogP contribution is 2.28. The van der Waals surface area contributed by atoms with Crippen molar-refractivity contribution in [1.82, 2.24) is 9.55 Å². The number of fused-ring (bicyclic) bond motifs is 1. The Kier molecular flexibility index (Phi) is 3.55. The average Bonchev–Trinajstić information content (AvgIpc) is 2.76. The second-order valence-corrected chi connectivity index (χ2v) is 5.34. The number of anilines is 1. The van der Waals surface area contributed by atoms with Gasteiger partial charge in [-0.3, -0.25) is 4.57 Å². The van der Waals surface area contributed by atoms with Crippen molar-refractivity contribution >= 4 is 32.9 Å². The average molecular weight is 350 g/mol. The topological polar surface area (TPSA) is 53.1 Å². The molecule has 0 fully saturated rings. The zero-order valence-corrected chi connectivity index (χ0v) is 12.9. The molecular weight excluding hydrogens is 337 g/mol. The molecule has 0 radical (unpaired) electrons. The van der Waals surface area contributed by atoms with Crippen molar-refractivity contribution < 1.29 is 9.13 Å². The number of halogens is 2. The Balaban J connectivity index is 2.15. The lowest BCUT2D eigenvalue weighted by atomic mass is 10.2. The zero-order valence-electron chi connectivity index (χ0n) is 11.3. The van der Waals surface area contributed by atoms with E-state index in [2.05, 4.69) is 20.9 Å². The summed E-state index contributed by atoms with van der Waals surface area (Å²) < 4.78 is 21.1. The first kappa shape index (κ1) is 13.9. The molecule has 3 rings (SSSR count). The first-order valence-corrected chi connectivity index (χ1v) is 7.25. The zero-order chi connectivity index (χ0) is 15.0. The molecule has 1 aromatic heterocycles. The summed E-state index contributed by atoms with van der Waals surface area (Å²) in [5.74, 6) is 0.738. The van der Waals surface area contributed by atoms with E-state index in [0.717, 1.165) is 17.0 Å². The molecule has 3 aromatic rings. The van der Waals surface area contributed by atoms with Crippen LogP contribution in [0.3, 0.4) is 0 Å². The first-order chi connectivity index (χ1) is 10.1. The molecule has 21 heavy (non-hydrogen) atoms. The van der Waals surface area contributed by atoms with Crippen molar-refractivity contribution in [3.05, 3.63) is 46.7 Å². The third kappa shape index (κ3) is 2.47. The second-order valence-electron chi connectivity index (χ2n) is 4.49. The van der Waals surface area contributed by atoms with Crippen LogP contribution >= 0.6 is 15.9 Å². The first-order valence-electron chi connectivity index (χ1n) is 6.46. The summed E-state index contributed by atoms with van der Waals surface area (Å²) in [6.45, 7) is 2.54. The second kappa shape index (κ2) is 5.37. The third-order valence-corrected chi connectivity index (χ3v) is 3.74. The molecule has 2 aromatic carbocycles. The van der Waals surface area contributed by atoms with Gasteiger partial charge >= 0.3 is 0 Å².